The van der Waals surface area contributed by atoms with Crippen LogP contribution in [0.1, 0.15) is 35.7 Å². The van der Waals surface area contributed by atoms with Gasteiger partial charge in [0.05, 0.1) is 11.8 Å². The van der Waals surface area contributed by atoms with Crippen LogP contribution in [0.5, 0.6) is 0 Å². The van der Waals surface area contributed by atoms with Crippen LogP contribution in [-0.4, -0.2) is 26.1 Å². The third-order valence-corrected chi connectivity index (χ3v) is 6.02. The zero-order chi connectivity index (χ0) is 18.9. The summed E-state index contributed by atoms with van der Waals surface area (Å²) in [5, 5.41) is 1.72. The van der Waals surface area contributed by atoms with Crippen LogP contribution in [-0.2, 0) is 9.84 Å². The van der Waals surface area contributed by atoms with E-state index in [1.54, 1.807) is 30.3 Å². The minimum atomic E-state index is -3.29. The summed E-state index contributed by atoms with van der Waals surface area (Å²) in [6, 6.07) is 13.7. The second-order valence-electron chi connectivity index (χ2n) is 6.65. The summed E-state index contributed by atoms with van der Waals surface area (Å²) < 4.78 is 23.8. The molecular formula is C20H20ClNO3S. The van der Waals surface area contributed by atoms with Crippen LogP contribution in [0.3, 0.4) is 0 Å². The number of rotatable bonds is 4. The lowest BCUT2D eigenvalue weighted by Gasteiger charge is -2.28. The highest BCUT2D eigenvalue weighted by Crippen LogP contribution is 2.27. The maximum atomic E-state index is 13.1. The Morgan fingerprint density at radius 3 is 2.19 bits per heavy atom. The fourth-order valence-corrected chi connectivity index (χ4v) is 4.32. The number of benzene rings is 2. The Morgan fingerprint density at radius 2 is 1.69 bits per heavy atom. The quantitative estimate of drug-likeness (QED) is 0.777. The third-order valence-electron chi connectivity index (χ3n) is 4.39. The maximum Gasteiger partial charge on any atom is 0.258 e. The van der Waals surface area contributed by atoms with Gasteiger partial charge in [-0.15, -0.1) is 0 Å². The molecule has 0 aliphatic carbocycles. The second-order valence-corrected chi connectivity index (χ2v) is 9.02. The van der Waals surface area contributed by atoms with Crippen molar-refractivity contribution in [2.75, 3.05) is 10.7 Å². The van der Waals surface area contributed by atoms with Gasteiger partial charge in [-0.3, -0.25) is 4.79 Å². The first-order chi connectivity index (χ1) is 12.3. The lowest BCUT2D eigenvalue weighted by molar-refractivity contribution is 0.0983. The zero-order valence-electron chi connectivity index (χ0n) is 14.6. The molecule has 1 amide bonds. The number of anilines is 1. The van der Waals surface area contributed by atoms with Crippen LogP contribution in [0.4, 0.5) is 5.69 Å². The highest BCUT2D eigenvalue weighted by atomic mass is 35.5. The average molecular weight is 390 g/mol. The predicted molar refractivity (Wildman–Crippen MR) is 106 cm³/mol. The largest absolute Gasteiger partial charge is 0.300 e. The third kappa shape index (κ3) is 4.00. The second kappa shape index (κ2) is 7.25. The number of carbonyl (C=O) groups excluding carboxylic acids is 1. The van der Waals surface area contributed by atoms with Crippen LogP contribution in [0.25, 0.3) is 0 Å². The summed E-state index contributed by atoms with van der Waals surface area (Å²) in [5.41, 5.74) is 2.28. The number of halogens is 1. The van der Waals surface area contributed by atoms with Gasteiger partial charge in [-0.2, -0.15) is 0 Å². The van der Waals surface area contributed by atoms with E-state index in [-0.39, 0.29) is 11.7 Å². The van der Waals surface area contributed by atoms with Gasteiger partial charge in [-0.1, -0.05) is 37.6 Å². The molecule has 4 nitrogen and oxygen atoms in total. The molecule has 0 saturated carbocycles. The van der Waals surface area contributed by atoms with Crippen molar-refractivity contribution in [2.24, 2.45) is 0 Å². The van der Waals surface area contributed by atoms with Crippen LogP contribution in [0.2, 0.25) is 5.02 Å². The first kappa shape index (κ1) is 18.7. The van der Waals surface area contributed by atoms with Crippen molar-refractivity contribution in [1.29, 1.82) is 0 Å². The molecule has 0 N–H and O–H groups in total. The van der Waals surface area contributed by atoms with E-state index in [0.29, 0.717) is 22.2 Å². The molecule has 1 aliphatic rings. The minimum absolute atomic E-state index is 0.113. The molecule has 26 heavy (non-hydrogen) atoms. The summed E-state index contributed by atoms with van der Waals surface area (Å²) in [6.07, 6.45) is 1.57. The molecule has 2 aromatic carbocycles. The summed E-state index contributed by atoms with van der Waals surface area (Å²) in [5.74, 6) is 0.0000667. The standard InChI is InChI=1S/C20H20ClNO3S/c1-14(2)15-5-9-18(10-6-15)22(19-11-12-26(24,25)13-19)20(23)16-3-7-17(21)8-4-16/h3-12,14,19H,13H2,1-2H3/t19-/m1/s1. The Balaban J connectivity index is 2.00. The predicted octanol–water partition coefficient (Wildman–Crippen LogP) is 4.42. The van der Waals surface area contributed by atoms with Gasteiger partial charge in [-0.05, 0) is 54.0 Å². The number of sulfone groups is 1. The summed E-state index contributed by atoms with van der Waals surface area (Å²) in [7, 11) is -3.29. The molecule has 0 unspecified atom stereocenters. The van der Waals surface area contributed by atoms with E-state index in [1.807, 2.05) is 24.3 Å². The molecule has 1 aliphatic heterocycles. The van der Waals surface area contributed by atoms with Crippen LogP contribution in [0.15, 0.2) is 60.0 Å². The lowest BCUT2D eigenvalue weighted by atomic mass is 10.0. The van der Waals surface area contributed by atoms with Crippen molar-refractivity contribution in [3.8, 4) is 0 Å². The molecule has 1 heterocycles. The van der Waals surface area contributed by atoms with E-state index in [9.17, 15) is 13.2 Å². The summed E-state index contributed by atoms with van der Waals surface area (Å²) in [4.78, 5) is 14.7. The van der Waals surface area contributed by atoms with Gasteiger partial charge in [0.1, 0.15) is 0 Å². The van der Waals surface area contributed by atoms with Crippen molar-refractivity contribution in [2.45, 2.75) is 25.8 Å². The van der Waals surface area contributed by atoms with Crippen LogP contribution >= 0.6 is 11.6 Å². The normalized spacial score (nSPS) is 18.2. The molecule has 0 spiro atoms. The van der Waals surface area contributed by atoms with Crippen LogP contribution in [0, 0.1) is 0 Å². The maximum absolute atomic E-state index is 13.1. The van der Waals surface area contributed by atoms with Crippen molar-refractivity contribution in [3.63, 3.8) is 0 Å². The van der Waals surface area contributed by atoms with E-state index in [1.165, 1.54) is 10.3 Å². The van der Waals surface area contributed by atoms with E-state index in [4.69, 9.17) is 11.6 Å². The summed E-state index contributed by atoms with van der Waals surface area (Å²) >= 11 is 5.91. The zero-order valence-corrected chi connectivity index (χ0v) is 16.2. The first-order valence-electron chi connectivity index (χ1n) is 8.37. The van der Waals surface area contributed by atoms with Crippen molar-refractivity contribution >= 4 is 33.0 Å². The van der Waals surface area contributed by atoms with Gasteiger partial charge in [0, 0.05) is 21.7 Å². The Morgan fingerprint density at radius 1 is 1.08 bits per heavy atom. The van der Waals surface area contributed by atoms with Gasteiger partial charge >= 0.3 is 0 Å². The smallest absolute Gasteiger partial charge is 0.258 e. The number of hydrogen-bond acceptors (Lipinski definition) is 3. The number of carbonyl (C=O) groups is 1. The fourth-order valence-electron chi connectivity index (χ4n) is 2.93. The first-order valence-corrected chi connectivity index (χ1v) is 10.5. The van der Waals surface area contributed by atoms with Gasteiger partial charge in [-0.25, -0.2) is 8.42 Å². The van der Waals surface area contributed by atoms with E-state index in [0.717, 1.165) is 5.56 Å². The van der Waals surface area contributed by atoms with E-state index >= 15 is 0 Å². The van der Waals surface area contributed by atoms with Crippen molar-refractivity contribution in [3.05, 3.63) is 76.2 Å². The van der Waals surface area contributed by atoms with E-state index < -0.39 is 15.9 Å². The highest BCUT2D eigenvalue weighted by molar-refractivity contribution is 7.94. The Bertz CT molecular complexity index is 932. The molecule has 0 fully saturated rings. The van der Waals surface area contributed by atoms with Gasteiger partial charge in [0.25, 0.3) is 5.91 Å². The topological polar surface area (TPSA) is 54.5 Å². The summed E-state index contributed by atoms with van der Waals surface area (Å²) in [6.45, 7) is 4.19. The molecule has 6 heteroatoms. The number of amides is 1. The highest BCUT2D eigenvalue weighted by Gasteiger charge is 2.32. The van der Waals surface area contributed by atoms with Gasteiger partial charge < -0.3 is 4.90 Å². The molecule has 136 valence electrons. The van der Waals surface area contributed by atoms with Crippen molar-refractivity contribution in [1.82, 2.24) is 0 Å². The fraction of sp³-hybridized carbons (Fsp3) is 0.250. The van der Waals surface area contributed by atoms with Gasteiger partial charge in [0.2, 0.25) is 0 Å². The Labute approximate surface area is 159 Å². The molecule has 1 atom stereocenters. The molecule has 0 bridgehead atoms. The van der Waals surface area contributed by atoms with Gasteiger partial charge in [0.15, 0.2) is 9.84 Å². The minimum Gasteiger partial charge on any atom is -0.300 e. The van der Waals surface area contributed by atoms with E-state index in [2.05, 4.69) is 13.8 Å². The SMILES string of the molecule is CC(C)c1ccc(N(C(=O)c2ccc(Cl)cc2)[C@@H]2C=CS(=O)(=O)C2)cc1. The molecule has 3 rings (SSSR count). The molecule has 0 aromatic heterocycles. The number of nitrogens with zero attached hydrogens (tertiary/aromatic N) is 1. The molecule has 0 saturated heterocycles. The monoisotopic (exact) mass is 389 g/mol. The average Bonchev–Trinajstić information content (AvgIpc) is 2.95. The molecule has 2 aromatic rings. The molecule has 0 radical (unpaired) electrons. The van der Waals surface area contributed by atoms with Crippen molar-refractivity contribution < 1.29 is 13.2 Å². The Hall–Kier alpha value is -2.11. The van der Waals surface area contributed by atoms with Crippen LogP contribution < -0.4 is 4.90 Å². The molecular weight excluding hydrogens is 370 g/mol. The lowest BCUT2D eigenvalue weighted by Crippen LogP contribution is -2.41. The Kier molecular flexibility index (Phi) is 5.21. The number of hydrogen-bond donors (Lipinski definition) is 0.